The summed E-state index contributed by atoms with van der Waals surface area (Å²) in [5.74, 6) is -0.125. The van der Waals surface area contributed by atoms with Crippen molar-refractivity contribution in [3.63, 3.8) is 0 Å². The van der Waals surface area contributed by atoms with Gasteiger partial charge in [0.15, 0.2) is 5.69 Å². The van der Waals surface area contributed by atoms with E-state index in [1.54, 1.807) is 0 Å². The zero-order valence-corrected chi connectivity index (χ0v) is 12.2. The number of aromatic nitrogens is 2. The van der Waals surface area contributed by atoms with Gasteiger partial charge in [0.05, 0.1) is 18.7 Å². The number of nitrogens with one attached hydrogen (secondary N) is 2. The summed E-state index contributed by atoms with van der Waals surface area (Å²) in [6, 6.07) is 5.93. The van der Waals surface area contributed by atoms with Crippen molar-refractivity contribution in [1.82, 2.24) is 20.4 Å². The lowest BCUT2D eigenvalue weighted by Crippen LogP contribution is -2.41. The molecule has 0 spiro atoms. The molecular weight excluding hydrogens is 268 g/mol. The Kier molecular flexibility index (Phi) is 4.17. The number of H-pyrrole nitrogens is 1. The average Bonchev–Trinajstić information content (AvgIpc) is 2.91. The van der Waals surface area contributed by atoms with E-state index >= 15 is 0 Å². The molecule has 6 heteroatoms. The van der Waals surface area contributed by atoms with Crippen molar-refractivity contribution in [2.75, 3.05) is 39.4 Å². The van der Waals surface area contributed by atoms with Gasteiger partial charge in [0.1, 0.15) is 0 Å². The van der Waals surface area contributed by atoms with Gasteiger partial charge in [-0.15, -0.1) is 0 Å². The van der Waals surface area contributed by atoms with Crippen LogP contribution < -0.4 is 5.32 Å². The monoisotopic (exact) mass is 288 g/mol. The summed E-state index contributed by atoms with van der Waals surface area (Å²) in [6.07, 6.45) is 0. The Hall–Kier alpha value is -1.92. The van der Waals surface area contributed by atoms with Crippen molar-refractivity contribution in [3.8, 4) is 0 Å². The zero-order valence-electron chi connectivity index (χ0n) is 12.2. The predicted octanol–water partition coefficient (Wildman–Crippen LogP) is 0.933. The number of hydrogen-bond acceptors (Lipinski definition) is 4. The summed E-state index contributed by atoms with van der Waals surface area (Å²) in [5.41, 5.74) is 2.47. The number of aromatic amines is 1. The second-order valence-corrected chi connectivity index (χ2v) is 5.33. The highest BCUT2D eigenvalue weighted by atomic mass is 16.5. The summed E-state index contributed by atoms with van der Waals surface area (Å²) < 4.78 is 5.30. The van der Waals surface area contributed by atoms with Crippen LogP contribution in [0.4, 0.5) is 0 Å². The standard InChI is InChI=1S/C15H20N4O2/c1-11-2-3-13-12(10-11)14(18-17-13)15(20)16-4-5-19-6-8-21-9-7-19/h2-3,10H,4-9H2,1H3,(H,16,20)(H,17,18). The highest BCUT2D eigenvalue weighted by Crippen LogP contribution is 2.17. The average molecular weight is 288 g/mol. The molecule has 1 aromatic heterocycles. The first kappa shape index (κ1) is 14.0. The highest BCUT2D eigenvalue weighted by Gasteiger charge is 2.15. The second-order valence-electron chi connectivity index (χ2n) is 5.33. The number of benzene rings is 1. The molecule has 3 rings (SSSR count). The fourth-order valence-electron chi connectivity index (χ4n) is 2.54. The molecule has 0 unspecified atom stereocenters. The lowest BCUT2D eigenvalue weighted by Gasteiger charge is -2.26. The minimum Gasteiger partial charge on any atom is -0.379 e. The molecule has 2 heterocycles. The minimum atomic E-state index is -0.125. The number of rotatable bonds is 4. The maximum absolute atomic E-state index is 12.2. The van der Waals surface area contributed by atoms with E-state index < -0.39 is 0 Å². The van der Waals surface area contributed by atoms with E-state index in [0.717, 1.165) is 49.3 Å². The van der Waals surface area contributed by atoms with Crippen LogP contribution >= 0.6 is 0 Å². The lowest BCUT2D eigenvalue weighted by atomic mass is 10.1. The molecule has 1 fully saturated rings. The third kappa shape index (κ3) is 3.22. The van der Waals surface area contributed by atoms with E-state index in [1.165, 1.54) is 0 Å². The van der Waals surface area contributed by atoms with Gasteiger partial charge in [0, 0.05) is 31.6 Å². The number of hydrogen-bond donors (Lipinski definition) is 2. The largest absolute Gasteiger partial charge is 0.379 e. The molecule has 0 bridgehead atoms. The molecular formula is C15H20N4O2. The van der Waals surface area contributed by atoms with Gasteiger partial charge in [-0.2, -0.15) is 5.10 Å². The van der Waals surface area contributed by atoms with Gasteiger partial charge in [-0.25, -0.2) is 0 Å². The van der Waals surface area contributed by atoms with Gasteiger partial charge >= 0.3 is 0 Å². The molecule has 112 valence electrons. The molecule has 0 atom stereocenters. The third-order valence-corrected chi connectivity index (χ3v) is 3.75. The summed E-state index contributed by atoms with van der Waals surface area (Å²) in [7, 11) is 0. The van der Waals surface area contributed by atoms with E-state index in [1.807, 2.05) is 25.1 Å². The molecule has 6 nitrogen and oxygen atoms in total. The van der Waals surface area contributed by atoms with Gasteiger partial charge in [-0.05, 0) is 19.1 Å². The van der Waals surface area contributed by atoms with Crippen molar-refractivity contribution < 1.29 is 9.53 Å². The Bertz CT molecular complexity index is 632. The molecule has 1 aliphatic heterocycles. The second kappa shape index (κ2) is 6.24. The van der Waals surface area contributed by atoms with Crippen molar-refractivity contribution in [2.24, 2.45) is 0 Å². The van der Waals surface area contributed by atoms with Crippen molar-refractivity contribution >= 4 is 16.8 Å². The molecule has 21 heavy (non-hydrogen) atoms. The number of aryl methyl sites for hydroxylation is 1. The summed E-state index contributed by atoms with van der Waals surface area (Å²) >= 11 is 0. The molecule has 2 N–H and O–H groups in total. The summed E-state index contributed by atoms with van der Waals surface area (Å²) in [6.45, 7) is 6.89. The minimum absolute atomic E-state index is 0.125. The van der Waals surface area contributed by atoms with E-state index in [4.69, 9.17) is 4.74 Å². The van der Waals surface area contributed by atoms with Crippen LogP contribution in [-0.2, 0) is 4.74 Å². The number of fused-ring (bicyclic) bond motifs is 1. The van der Waals surface area contributed by atoms with E-state index in [0.29, 0.717) is 12.2 Å². The van der Waals surface area contributed by atoms with Gasteiger partial charge in [0.25, 0.3) is 5.91 Å². The van der Waals surface area contributed by atoms with Crippen molar-refractivity contribution in [1.29, 1.82) is 0 Å². The molecule has 1 amide bonds. The van der Waals surface area contributed by atoms with Gasteiger partial charge in [0.2, 0.25) is 0 Å². The highest BCUT2D eigenvalue weighted by molar-refractivity contribution is 6.04. The molecule has 2 aromatic rings. The number of ether oxygens (including phenoxy) is 1. The topological polar surface area (TPSA) is 70.2 Å². The Morgan fingerprint density at radius 3 is 3.05 bits per heavy atom. The van der Waals surface area contributed by atoms with Crippen LogP contribution in [-0.4, -0.2) is 60.4 Å². The molecule has 0 aliphatic carbocycles. The quantitative estimate of drug-likeness (QED) is 0.878. The van der Waals surface area contributed by atoms with Crippen LogP contribution in [0.3, 0.4) is 0 Å². The predicted molar refractivity (Wildman–Crippen MR) is 80.4 cm³/mol. The molecule has 1 saturated heterocycles. The summed E-state index contributed by atoms with van der Waals surface area (Å²) in [4.78, 5) is 14.5. The fraction of sp³-hybridized carbons (Fsp3) is 0.467. The fourth-order valence-corrected chi connectivity index (χ4v) is 2.54. The number of nitrogens with zero attached hydrogens (tertiary/aromatic N) is 2. The van der Waals surface area contributed by atoms with Gasteiger partial charge in [-0.1, -0.05) is 11.6 Å². The van der Waals surface area contributed by atoms with Crippen molar-refractivity contribution in [3.05, 3.63) is 29.5 Å². The van der Waals surface area contributed by atoms with Crippen LogP contribution in [0.25, 0.3) is 10.9 Å². The molecule has 0 radical (unpaired) electrons. The van der Waals surface area contributed by atoms with Crippen molar-refractivity contribution in [2.45, 2.75) is 6.92 Å². The van der Waals surface area contributed by atoms with Crippen LogP contribution in [0.1, 0.15) is 16.1 Å². The number of carbonyl (C=O) groups is 1. The van der Waals surface area contributed by atoms with E-state index in [9.17, 15) is 4.79 Å². The zero-order chi connectivity index (χ0) is 14.7. The smallest absolute Gasteiger partial charge is 0.272 e. The lowest BCUT2D eigenvalue weighted by molar-refractivity contribution is 0.0383. The first-order valence-corrected chi connectivity index (χ1v) is 7.27. The number of morpholine rings is 1. The van der Waals surface area contributed by atoms with Gasteiger partial charge in [-0.3, -0.25) is 14.8 Å². The van der Waals surface area contributed by atoms with Crippen LogP contribution in [0.5, 0.6) is 0 Å². The maximum atomic E-state index is 12.2. The molecule has 1 aliphatic rings. The SMILES string of the molecule is Cc1ccc2[nH]nc(C(=O)NCCN3CCOCC3)c2c1. The Labute approximate surface area is 123 Å². The van der Waals surface area contributed by atoms with Gasteiger partial charge < -0.3 is 10.1 Å². The first-order chi connectivity index (χ1) is 10.2. The van der Waals surface area contributed by atoms with Crippen LogP contribution in [0.15, 0.2) is 18.2 Å². The third-order valence-electron chi connectivity index (χ3n) is 3.75. The Balaban J connectivity index is 1.60. The molecule has 0 saturated carbocycles. The normalized spacial score (nSPS) is 16.2. The Morgan fingerprint density at radius 2 is 2.24 bits per heavy atom. The van der Waals surface area contributed by atoms with E-state index in [2.05, 4.69) is 20.4 Å². The number of amides is 1. The number of carbonyl (C=O) groups excluding carboxylic acids is 1. The van der Waals surface area contributed by atoms with Crippen LogP contribution in [0.2, 0.25) is 0 Å². The maximum Gasteiger partial charge on any atom is 0.272 e. The first-order valence-electron chi connectivity index (χ1n) is 7.27. The molecule has 1 aromatic carbocycles. The van der Waals surface area contributed by atoms with Crippen LogP contribution in [0, 0.1) is 6.92 Å². The Morgan fingerprint density at radius 1 is 1.43 bits per heavy atom. The summed E-state index contributed by atoms with van der Waals surface area (Å²) in [5, 5.41) is 10.8. The van der Waals surface area contributed by atoms with E-state index in [-0.39, 0.29) is 5.91 Å².